The number of alkyl halides is 2. The molecule has 154 valence electrons. The van der Waals surface area contributed by atoms with Gasteiger partial charge in [0.15, 0.2) is 11.3 Å². The summed E-state index contributed by atoms with van der Waals surface area (Å²) in [6.45, 7) is 6.08. The van der Waals surface area contributed by atoms with Crippen LogP contribution < -0.4 is 5.73 Å². The maximum Gasteiger partial charge on any atom is 0.299 e. The Morgan fingerprint density at radius 1 is 1.30 bits per heavy atom. The maximum absolute atomic E-state index is 15.2. The SMILES string of the molecule is [C-]#[N+]c1ccc(C(=O)Cc2ccc3c(c2)[C@@]2(CCC3)N=C(N)COCC2(F)F)nc1. The standard InChI is InChI=1S/C22H20F2N4O2/c1-26-16-6-7-18(27-11-16)19(29)10-14-4-5-15-3-2-8-21(17(15)9-14)22(23,24)13-30-12-20(25)28-21/h4-7,9,11H,2-3,8,10,12-13H2,(H2,25,28)/t21-/m1/s1. The fourth-order valence-corrected chi connectivity index (χ4v) is 4.16. The predicted octanol–water partition coefficient (Wildman–Crippen LogP) is 3.61. The number of ketones is 1. The van der Waals surface area contributed by atoms with Gasteiger partial charge < -0.3 is 10.5 Å². The summed E-state index contributed by atoms with van der Waals surface area (Å²) in [4.78, 5) is 24.2. The van der Waals surface area contributed by atoms with E-state index in [0.29, 0.717) is 29.7 Å². The number of aliphatic imine (C=N–C) groups is 1. The number of nitrogens with zero attached hydrogens (tertiary/aromatic N) is 3. The number of benzene rings is 1. The minimum Gasteiger partial charge on any atom is -0.385 e. The van der Waals surface area contributed by atoms with Crippen LogP contribution in [0.2, 0.25) is 0 Å². The highest BCUT2D eigenvalue weighted by Crippen LogP contribution is 2.50. The van der Waals surface area contributed by atoms with E-state index in [1.54, 1.807) is 18.2 Å². The third kappa shape index (κ3) is 3.46. The van der Waals surface area contributed by atoms with Crippen molar-refractivity contribution >= 4 is 17.3 Å². The molecule has 4 rings (SSSR count). The van der Waals surface area contributed by atoms with E-state index in [2.05, 4.69) is 14.8 Å². The Labute approximate surface area is 172 Å². The lowest BCUT2D eigenvalue weighted by molar-refractivity contribution is -0.125. The molecule has 1 aromatic carbocycles. The van der Waals surface area contributed by atoms with Gasteiger partial charge in [0.25, 0.3) is 5.92 Å². The van der Waals surface area contributed by atoms with Crippen LogP contribution in [0.15, 0.2) is 41.5 Å². The topological polar surface area (TPSA) is 81.9 Å². The number of halogens is 2. The zero-order chi connectivity index (χ0) is 21.4. The molecular formula is C22H20F2N4O2. The molecule has 2 aliphatic rings. The van der Waals surface area contributed by atoms with Crippen LogP contribution in [0.25, 0.3) is 4.85 Å². The van der Waals surface area contributed by atoms with Gasteiger partial charge in [-0.2, -0.15) is 0 Å². The van der Waals surface area contributed by atoms with Crippen LogP contribution in [0.1, 0.15) is 40.0 Å². The number of amidine groups is 1. The molecule has 0 saturated heterocycles. The number of pyridine rings is 1. The fraction of sp³-hybridized carbons (Fsp3) is 0.364. The molecule has 2 aromatic rings. The second-order valence-corrected chi connectivity index (χ2v) is 7.62. The van der Waals surface area contributed by atoms with Crippen molar-refractivity contribution in [2.45, 2.75) is 37.1 Å². The summed E-state index contributed by atoms with van der Waals surface area (Å²) in [5.74, 6) is -3.43. The summed E-state index contributed by atoms with van der Waals surface area (Å²) in [6, 6.07) is 8.25. The zero-order valence-electron chi connectivity index (χ0n) is 16.2. The number of carbonyl (C=O) groups is 1. The van der Waals surface area contributed by atoms with Gasteiger partial charge in [-0.05, 0) is 42.0 Å². The highest BCUT2D eigenvalue weighted by molar-refractivity contribution is 5.96. The highest BCUT2D eigenvalue weighted by Gasteiger charge is 2.57. The van der Waals surface area contributed by atoms with Crippen LogP contribution >= 0.6 is 0 Å². The van der Waals surface area contributed by atoms with Crippen molar-refractivity contribution in [1.82, 2.24) is 4.98 Å². The molecule has 0 bridgehead atoms. The van der Waals surface area contributed by atoms with Crippen LogP contribution in [0.4, 0.5) is 14.5 Å². The average Bonchev–Trinajstić information content (AvgIpc) is 2.84. The molecule has 0 amide bonds. The molecule has 1 aromatic heterocycles. The number of carbonyl (C=O) groups excluding carboxylic acids is 1. The Morgan fingerprint density at radius 2 is 2.13 bits per heavy atom. The lowest BCUT2D eigenvalue weighted by atomic mass is 9.72. The van der Waals surface area contributed by atoms with E-state index in [-0.39, 0.29) is 36.8 Å². The smallest absolute Gasteiger partial charge is 0.299 e. The molecule has 30 heavy (non-hydrogen) atoms. The summed E-state index contributed by atoms with van der Waals surface area (Å²) < 4.78 is 35.4. The molecular weight excluding hydrogens is 390 g/mol. The Balaban J connectivity index is 1.71. The van der Waals surface area contributed by atoms with Crippen LogP contribution in [0.3, 0.4) is 0 Å². The molecule has 6 nitrogen and oxygen atoms in total. The van der Waals surface area contributed by atoms with Crippen LogP contribution in [0, 0.1) is 6.57 Å². The first kappa shape index (κ1) is 20.1. The lowest BCUT2D eigenvalue weighted by Gasteiger charge is -2.40. The lowest BCUT2D eigenvalue weighted by Crippen LogP contribution is -2.48. The van der Waals surface area contributed by atoms with Gasteiger partial charge in [-0.25, -0.2) is 13.6 Å². The number of hydrogen-bond acceptors (Lipinski definition) is 5. The largest absolute Gasteiger partial charge is 0.385 e. The van der Waals surface area contributed by atoms with Gasteiger partial charge in [0.05, 0.1) is 6.57 Å². The highest BCUT2D eigenvalue weighted by atomic mass is 19.3. The Bertz CT molecular complexity index is 1060. The number of fused-ring (bicyclic) bond motifs is 2. The number of aryl methyl sites for hydroxylation is 1. The van der Waals surface area contributed by atoms with Gasteiger partial charge in [0.1, 0.15) is 24.7 Å². The molecule has 2 heterocycles. The number of hydrogen-bond donors (Lipinski definition) is 1. The van der Waals surface area contributed by atoms with Gasteiger partial charge in [0.2, 0.25) is 5.69 Å². The summed E-state index contributed by atoms with van der Waals surface area (Å²) in [6.07, 6.45) is 2.74. The summed E-state index contributed by atoms with van der Waals surface area (Å²) in [5, 5.41) is 0. The van der Waals surface area contributed by atoms with E-state index >= 15 is 8.78 Å². The van der Waals surface area contributed by atoms with E-state index in [9.17, 15) is 4.79 Å². The number of nitrogens with two attached hydrogens (primary N) is 1. The normalized spacial score (nSPS) is 22.5. The fourth-order valence-electron chi connectivity index (χ4n) is 4.16. The number of rotatable bonds is 3. The number of ether oxygens (including phenoxy) is 1. The molecule has 0 saturated carbocycles. The monoisotopic (exact) mass is 410 g/mol. The average molecular weight is 410 g/mol. The molecule has 0 unspecified atom stereocenters. The number of Topliss-reactive ketones (excluding diaryl/α,β-unsaturated/α-hetero) is 1. The van der Waals surface area contributed by atoms with Gasteiger partial charge in [0, 0.05) is 12.6 Å². The first-order chi connectivity index (χ1) is 14.3. The first-order valence-electron chi connectivity index (χ1n) is 9.63. The van der Waals surface area contributed by atoms with E-state index < -0.39 is 18.1 Å². The maximum atomic E-state index is 15.2. The van der Waals surface area contributed by atoms with Crippen LogP contribution in [0.5, 0.6) is 0 Å². The van der Waals surface area contributed by atoms with E-state index in [0.717, 1.165) is 5.56 Å². The molecule has 1 aliphatic heterocycles. The van der Waals surface area contributed by atoms with Crippen molar-refractivity contribution < 1.29 is 18.3 Å². The third-order valence-corrected chi connectivity index (χ3v) is 5.60. The molecule has 0 radical (unpaired) electrons. The van der Waals surface area contributed by atoms with Gasteiger partial charge in [-0.3, -0.25) is 14.8 Å². The zero-order valence-corrected chi connectivity index (χ0v) is 16.2. The number of aromatic nitrogens is 1. The molecule has 8 heteroatoms. The molecule has 2 N–H and O–H groups in total. The third-order valence-electron chi connectivity index (χ3n) is 5.60. The Morgan fingerprint density at radius 3 is 2.87 bits per heavy atom. The summed E-state index contributed by atoms with van der Waals surface area (Å²) in [5.41, 5.74) is 6.43. The Kier molecular flexibility index (Phi) is 5.08. The minimum atomic E-state index is -3.22. The Hall–Kier alpha value is -3.18. The summed E-state index contributed by atoms with van der Waals surface area (Å²) >= 11 is 0. The molecule has 0 fully saturated rings. The van der Waals surface area contributed by atoms with E-state index in [4.69, 9.17) is 17.0 Å². The molecule has 1 spiro atoms. The van der Waals surface area contributed by atoms with Crippen LogP contribution in [-0.2, 0) is 23.1 Å². The van der Waals surface area contributed by atoms with Crippen molar-refractivity contribution in [3.8, 4) is 0 Å². The van der Waals surface area contributed by atoms with E-state index in [1.165, 1.54) is 18.3 Å². The molecule has 1 atom stereocenters. The predicted molar refractivity (Wildman–Crippen MR) is 107 cm³/mol. The minimum absolute atomic E-state index is 0.00892. The second-order valence-electron chi connectivity index (χ2n) is 7.62. The summed E-state index contributed by atoms with van der Waals surface area (Å²) in [7, 11) is 0. The molecule has 1 aliphatic carbocycles. The first-order valence-corrected chi connectivity index (χ1v) is 9.63. The quantitative estimate of drug-likeness (QED) is 0.619. The van der Waals surface area contributed by atoms with Gasteiger partial charge in [-0.15, -0.1) is 0 Å². The second kappa shape index (κ2) is 7.58. The van der Waals surface area contributed by atoms with Crippen molar-refractivity contribution in [2.24, 2.45) is 10.7 Å². The van der Waals surface area contributed by atoms with Gasteiger partial charge in [-0.1, -0.05) is 24.3 Å². The van der Waals surface area contributed by atoms with Crippen molar-refractivity contribution in [1.29, 1.82) is 0 Å². The van der Waals surface area contributed by atoms with Crippen molar-refractivity contribution in [2.75, 3.05) is 13.2 Å². The van der Waals surface area contributed by atoms with E-state index in [1.807, 2.05) is 0 Å². The van der Waals surface area contributed by atoms with Crippen molar-refractivity contribution in [3.05, 3.63) is 70.3 Å². The van der Waals surface area contributed by atoms with Crippen molar-refractivity contribution in [3.63, 3.8) is 0 Å². The van der Waals surface area contributed by atoms with Gasteiger partial charge >= 0.3 is 0 Å². The van der Waals surface area contributed by atoms with Crippen LogP contribution in [-0.4, -0.2) is 35.7 Å².